The number of ether oxygens (including phenoxy) is 1. The number of aliphatic hydroxyl groups excluding tert-OH is 1. The van der Waals surface area contributed by atoms with Gasteiger partial charge in [-0.1, -0.05) is 6.07 Å². The summed E-state index contributed by atoms with van der Waals surface area (Å²) >= 11 is 0. The fraction of sp³-hybridized carbons (Fsp3) is 0.250. The number of primary sulfonamides is 1. The molecule has 3 rings (SSSR count). The lowest BCUT2D eigenvalue weighted by molar-refractivity contribution is -0.274. The van der Waals surface area contributed by atoms with Crippen molar-refractivity contribution in [2.75, 3.05) is 5.75 Å². The largest absolute Gasteiger partial charge is 0.573 e. The number of aliphatic hydroxyl groups is 1. The number of rotatable bonds is 7. The molecule has 3 aromatic rings. The van der Waals surface area contributed by atoms with Crippen molar-refractivity contribution < 1.29 is 35.8 Å². The molecule has 0 aliphatic rings. The van der Waals surface area contributed by atoms with Crippen LogP contribution in [-0.2, 0) is 16.6 Å². The van der Waals surface area contributed by atoms with Crippen molar-refractivity contribution in [2.45, 2.75) is 19.0 Å². The van der Waals surface area contributed by atoms with Gasteiger partial charge in [-0.15, -0.1) is 23.4 Å². The summed E-state index contributed by atoms with van der Waals surface area (Å²) in [5.41, 5.74) is -0.0752. The molecule has 0 amide bonds. The van der Waals surface area contributed by atoms with Crippen LogP contribution in [0.5, 0.6) is 5.75 Å². The van der Waals surface area contributed by atoms with Crippen molar-refractivity contribution >= 4 is 10.0 Å². The predicted molar refractivity (Wildman–Crippen MR) is 96.2 cm³/mol. The van der Waals surface area contributed by atoms with Crippen molar-refractivity contribution in [3.63, 3.8) is 0 Å². The number of benzene rings is 1. The minimum Gasteiger partial charge on any atom is -0.406 e. The van der Waals surface area contributed by atoms with Crippen LogP contribution in [0.1, 0.15) is 17.4 Å². The number of hydrogen-bond acceptors (Lipinski definition) is 8. The molecule has 0 spiro atoms. The van der Waals surface area contributed by atoms with Crippen LogP contribution in [0.4, 0.5) is 17.6 Å². The van der Waals surface area contributed by atoms with Crippen molar-refractivity contribution in [2.24, 2.45) is 5.14 Å². The highest BCUT2D eigenvalue weighted by Crippen LogP contribution is 2.25. The molecular weight excluding hydrogens is 448 g/mol. The Morgan fingerprint density at radius 3 is 2.65 bits per heavy atom. The van der Waals surface area contributed by atoms with E-state index in [2.05, 4.69) is 25.1 Å². The Morgan fingerprint density at radius 1 is 1.23 bits per heavy atom. The Morgan fingerprint density at radius 2 is 1.97 bits per heavy atom. The normalized spacial score (nSPS) is 13.2. The topological polar surface area (TPSA) is 146 Å². The zero-order valence-electron chi connectivity index (χ0n) is 15.4. The summed E-state index contributed by atoms with van der Waals surface area (Å²) in [6.45, 7) is -0.360. The summed E-state index contributed by atoms with van der Waals surface area (Å²) < 4.78 is 77.0. The van der Waals surface area contributed by atoms with Crippen molar-refractivity contribution in [3.8, 4) is 17.3 Å². The molecule has 166 valence electrons. The van der Waals surface area contributed by atoms with Gasteiger partial charge in [-0.2, -0.15) is 4.80 Å². The van der Waals surface area contributed by atoms with E-state index in [0.29, 0.717) is 0 Å². The smallest absolute Gasteiger partial charge is 0.406 e. The Hall–Kier alpha value is -3.17. The Kier molecular flexibility index (Phi) is 6.19. The van der Waals surface area contributed by atoms with Crippen LogP contribution in [0.25, 0.3) is 11.5 Å². The fourth-order valence-electron chi connectivity index (χ4n) is 2.50. The van der Waals surface area contributed by atoms with Gasteiger partial charge >= 0.3 is 6.36 Å². The zero-order chi connectivity index (χ0) is 22.8. The number of tetrazole rings is 1. The number of nitrogens with zero attached hydrogens (tertiary/aromatic N) is 5. The molecule has 0 fully saturated rings. The lowest BCUT2D eigenvalue weighted by atomic mass is 10.2. The number of hydrogen-bond donors (Lipinski definition) is 2. The van der Waals surface area contributed by atoms with Gasteiger partial charge in [-0.05, 0) is 35.5 Å². The van der Waals surface area contributed by atoms with Crippen LogP contribution in [0.3, 0.4) is 0 Å². The molecule has 15 heteroatoms. The van der Waals surface area contributed by atoms with E-state index < -0.39 is 39.8 Å². The molecular formula is C16H14F4N6O4S. The van der Waals surface area contributed by atoms with Crippen LogP contribution < -0.4 is 9.88 Å². The van der Waals surface area contributed by atoms with Gasteiger partial charge in [0.2, 0.25) is 15.8 Å². The fourth-order valence-corrected chi connectivity index (χ4v) is 3.11. The quantitative estimate of drug-likeness (QED) is 0.497. The third-order valence-corrected chi connectivity index (χ3v) is 4.53. The summed E-state index contributed by atoms with van der Waals surface area (Å²) in [6, 6.07) is 6.77. The van der Waals surface area contributed by atoms with Gasteiger partial charge in [0.25, 0.3) is 0 Å². The number of aromatic nitrogens is 5. The molecule has 0 aliphatic heterocycles. The van der Waals surface area contributed by atoms with Crippen molar-refractivity contribution in [1.29, 1.82) is 0 Å². The first-order valence-electron chi connectivity index (χ1n) is 8.37. The highest BCUT2D eigenvalue weighted by atomic mass is 32.2. The molecule has 3 N–H and O–H groups in total. The molecule has 2 heterocycles. The van der Waals surface area contributed by atoms with Crippen molar-refractivity contribution in [3.05, 3.63) is 53.5 Å². The van der Waals surface area contributed by atoms with E-state index in [4.69, 9.17) is 5.14 Å². The van der Waals surface area contributed by atoms with E-state index in [1.807, 2.05) is 0 Å². The summed E-state index contributed by atoms with van der Waals surface area (Å²) in [5.74, 6) is -2.21. The predicted octanol–water partition coefficient (Wildman–Crippen LogP) is 1.14. The summed E-state index contributed by atoms with van der Waals surface area (Å²) in [6.07, 6.45) is -6.42. The number of sulfonamides is 1. The third-order valence-electron chi connectivity index (χ3n) is 3.75. The highest BCUT2D eigenvalue weighted by Gasteiger charge is 2.31. The first kappa shape index (κ1) is 22.5. The zero-order valence-corrected chi connectivity index (χ0v) is 16.2. The molecule has 31 heavy (non-hydrogen) atoms. The Labute approximate surface area is 172 Å². The molecule has 0 bridgehead atoms. The number of alkyl halides is 3. The summed E-state index contributed by atoms with van der Waals surface area (Å²) in [7, 11) is -3.95. The maximum atomic E-state index is 14.0. The Balaban J connectivity index is 1.80. The van der Waals surface area contributed by atoms with Gasteiger partial charge in [-0.3, -0.25) is 0 Å². The second-order valence-electron chi connectivity index (χ2n) is 6.24. The molecule has 0 aliphatic carbocycles. The second kappa shape index (κ2) is 8.52. The van der Waals surface area contributed by atoms with Crippen LogP contribution in [0.15, 0.2) is 36.4 Å². The third kappa shape index (κ3) is 6.40. The van der Waals surface area contributed by atoms with Gasteiger partial charge in [0.05, 0.1) is 18.0 Å². The van der Waals surface area contributed by atoms with E-state index in [1.165, 1.54) is 18.2 Å². The van der Waals surface area contributed by atoms with E-state index in [1.54, 1.807) is 0 Å². The molecule has 0 radical (unpaired) electrons. The Bertz CT molecular complexity index is 1180. The van der Waals surface area contributed by atoms with E-state index in [9.17, 15) is 31.1 Å². The maximum Gasteiger partial charge on any atom is 0.573 e. The minimum atomic E-state index is -4.93. The average molecular weight is 462 g/mol. The molecule has 0 saturated carbocycles. The number of nitrogens with two attached hydrogens (primary N) is 1. The summed E-state index contributed by atoms with van der Waals surface area (Å²) in [4.78, 5) is 4.97. The first-order valence-corrected chi connectivity index (χ1v) is 10.1. The summed E-state index contributed by atoms with van der Waals surface area (Å²) in [5, 5.41) is 26.2. The number of pyridine rings is 1. The molecule has 0 saturated heterocycles. The molecule has 10 nitrogen and oxygen atoms in total. The first-order chi connectivity index (χ1) is 14.4. The second-order valence-corrected chi connectivity index (χ2v) is 7.90. The lowest BCUT2D eigenvalue weighted by Crippen LogP contribution is -2.22. The molecule has 1 atom stereocenters. The van der Waals surface area contributed by atoms with E-state index in [-0.39, 0.29) is 29.3 Å². The van der Waals surface area contributed by atoms with Gasteiger partial charge < -0.3 is 9.84 Å². The highest BCUT2D eigenvalue weighted by molar-refractivity contribution is 7.89. The standard InChI is InChI=1S/C16H14F4N6O4S/c17-11-5-4-10(30-16(18,19)20)6-9(11)7-26-24-15(23-25-26)13-3-1-2-12(22-13)14(27)8-31(21,28)29/h1-6,14,27H,7-8H2,(H2,21,28,29). The SMILES string of the molecule is NS(=O)(=O)CC(O)c1cccc(-c2nnn(Cc3cc(OC(F)(F)F)ccc3F)n2)n1. The number of halogens is 4. The van der Waals surface area contributed by atoms with E-state index >= 15 is 0 Å². The van der Waals surface area contributed by atoms with Gasteiger partial charge in [0, 0.05) is 5.56 Å². The van der Waals surface area contributed by atoms with Gasteiger partial charge in [-0.25, -0.2) is 22.9 Å². The molecule has 1 aromatic carbocycles. The van der Waals surface area contributed by atoms with E-state index in [0.717, 1.165) is 23.0 Å². The minimum absolute atomic E-state index is 0.00841. The van der Waals surface area contributed by atoms with Crippen LogP contribution in [-0.4, -0.2) is 50.8 Å². The van der Waals surface area contributed by atoms with Gasteiger partial charge in [0.15, 0.2) is 0 Å². The molecule has 2 aromatic heterocycles. The lowest BCUT2D eigenvalue weighted by Gasteiger charge is -2.10. The average Bonchev–Trinajstić information content (AvgIpc) is 3.11. The van der Waals surface area contributed by atoms with Crippen LogP contribution in [0, 0.1) is 5.82 Å². The van der Waals surface area contributed by atoms with Crippen molar-refractivity contribution in [1.82, 2.24) is 25.2 Å². The maximum absolute atomic E-state index is 14.0. The van der Waals surface area contributed by atoms with Gasteiger partial charge in [0.1, 0.15) is 23.4 Å². The van der Waals surface area contributed by atoms with Crippen LogP contribution in [0.2, 0.25) is 0 Å². The monoisotopic (exact) mass is 462 g/mol. The van der Waals surface area contributed by atoms with Crippen LogP contribution >= 0.6 is 0 Å². The molecule has 1 unspecified atom stereocenters.